The van der Waals surface area contributed by atoms with Crippen LogP contribution in [0.2, 0.25) is 0 Å². The maximum Gasteiger partial charge on any atom is 0.361 e. The Balaban J connectivity index is 2.23. The van der Waals surface area contributed by atoms with Crippen molar-refractivity contribution in [3.05, 3.63) is 17.7 Å². The Kier molecular flexibility index (Phi) is 3.57. The van der Waals surface area contributed by atoms with Gasteiger partial charge in [-0.15, -0.1) is 0 Å². The van der Waals surface area contributed by atoms with Gasteiger partial charge in [0.2, 0.25) is 5.75 Å². The van der Waals surface area contributed by atoms with Gasteiger partial charge >= 0.3 is 12.4 Å². The molecule has 1 N–H and O–H groups in total. The molecule has 18 heavy (non-hydrogen) atoms. The zero-order chi connectivity index (χ0) is 13.1. The highest BCUT2D eigenvalue weighted by atomic mass is 16.9. The molecule has 0 fully saturated rings. The van der Waals surface area contributed by atoms with E-state index in [2.05, 4.69) is 0 Å². The minimum absolute atomic E-state index is 0.168. The highest BCUT2D eigenvalue weighted by Gasteiger charge is 2.29. The lowest BCUT2D eigenvalue weighted by molar-refractivity contribution is -0.173. The van der Waals surface area contributed by atoms with E-state index in [1.165, 1.54) is 12.1 Å². The molecule has 0 aromatic heterocycles. The van der Waals surface area contributed by atoms with E-state index in [0.717, 1.165) is 0 Å². The summed E-state index contributed by atoms with van der Waals surface area (Å²) in [4.78, 5) is 11.5. The number of phenols is 1. The normalized spacial score (nSPS) is 16.7. The Hall–Kier alpha value is -1.95. The van der Waals surface area contributed by atoms with Crippen molar-refractivity contribution < 1.29 is 28.8 Å². The summed E-state index contributed by atoms with van der Waals surface area (Å²) in [5.41, 5.74) is 0.203. The molecule has 2 rings (SSSR count). The third-order valence-electron chi connectivity index (χ3n) is 2.29. The van der Waals surface area contributed by atoms with Crippen molar-refractivity contribution in [2.75, 3.05) is 13.2 Å². The number of esters is 1. The molecule has 0 aliphatic carbocycles. The zero-order valence-electron chi connectivity index (χ0n) is 10.1. The summed E-state index contributed by atoms with van der Waals surface area (Å²) in [6.07, 6.45) is 0. The first-order chi connectivity index (χ1) is 8.65. The van der Waals surface area contributed by atoms with Gasteiger partial charge in [0.05, 0.1) is 18.8 Å². The topological polar surface area (TPSA) is 74.2 Å². The van der Waals surface area contributed by atoms with Gasteiger partial charge in [-0.05, 0) is 26.0 Å². The molecular formula is C12H14O6. The Labute approximate surface area is 104 Å². The highest BCUT2D eigenvalue weighted by Crippen LogP contribution is 2.43. The van der Waals surface area contributed by atoms with Crippen molar-refractivity contribution in [2.24, 2.45) is 0 Å². The molecule has 0 saturated heterocycles. The summed E-state index contributed by atoms with van der Waals surface area (Å²) in [5, 5.41) is 9.75. The van der Waals surface area contributed by atoms with E-state index in [4.69, 9.17) is 18.9 Å². The van der Waals surface area contributed by atoms with Gasteiger partial charge in [0, 0.05) is 0 Å². The second-order valence-electron chi connectivity index (χ2n) is 3.52. The van der Waals surface area contributed by atoms with Crippen molar-refractivity contribution in [1.29, 1.82) is 0 Å². The summed E-state index contributed by atoms with van der Waals surface area (Å²) in [6.45, 7) is 3.27. The minimum Gasteiger partial charge on any atom is -0.504 e. The van der Waals surface area contributed by atoms with Gasteiger partial charge in [-0.25, -0.2) is 4.79 Å². The maximum absolute atomic E-state index is 11.5. The van der Waals surface area contributed by atoms with E-state index < -0.39 is 12.4 Å². The molecule has 1 unspecified atom stereocenters. The summed E-state index contributed by atoms with van der Waals surface area (Å²) in [7, 11) is 0. The van der Waals surface area contributed by atoms with Gasteiger partial charge in [-0.3, -0.25) is 0 Å². The van der Waals surface area contributed by atoms with Crippen LogP contribution in [0.1, 0.15) is 24.2 Å². The molecular weight excluding hydrogens is 240 g/mol. The predicted octanol–water partition coefficient (Wildman–Crippen LogP) is 1.66. The molecule has 1 heterocycles. The molecule has 1 aromatic carbocycles. The van der Waals surface area contributed by atoms with Gasteiger partial charge in [-0.1, -0.05) is 0 Å². The van der Waals surface area contributed by atoms with Crippen LogP contribution in [0, 0.1) is 0 Å². The number of fused-ring (bicyclic) bond motifs is 1. The molecule has 1 aliphatic rings. The molecule has 6 heteroatoms. The lowest BCUT2D eigenvalue weighted by atomic mass is 10.2. The van der Waals surface area contributed by atoms with E-state index in [0.29, 0.717) is 6.61 Å². The zero-order valence-corrected chi connectivity index (χ0v) is 10.1. The minimum atomic E-state index is -0.895. The van der Waals surface area contributed by atoms with Crippen molar-refractivity contribution in [3.8, 4) is 17.2 Å². The van der Waals surface area contributed by atoms with Crippen LogP contribution in [0.25, 0.3) is 0 Å². The second-order valence-corrected chi connectivity index (χ2v) is 3.52. The number of carbonyl (C=O) groups excluding carboxylic acids is 1. The van der Waals surface area contributed by atoms with Crippen LogP contribution in [0.5, 0.6) is 17.2 Å². The van der Waals surface area contributed by atoms with Gasteiger partial charge in [0.1, 0.15) is 0 Å². The van der Waals surface area contributed by atoms with Crippen LogP contribution >= 0.6 is 0 Å². The monoisotopic (exact) mass is 254 g/mol. The van der Waals surface area contributed by atoms with Crippen LogP contribution in [-0.4, -0.2) is 30.8 Å². The molecule has 0 amide bonds. The van der Waals surface area contributed by atoms with Crippen LogP contribution in [-0.2, 0) is 9.47 Å². The third kappa shape index (κ3) is 2.33. The molecule has 0 spiro atoms. The second kappa shape index (κ2) is 5.14. The summed E-state index contributed by atoms with van der Waals surface area (Å²) in [6, 6.07) is 2.72. The fraction of sp³-hybridized carbons (Fsp3) is 0.417. The van der Waals surface area contributed by atoms with Gasteiger partial charge < -0.3 is 24.1 Å². The lowest BCUT2D eigenvalue weighted by Gasteiger charge is -2.08. The van der Waals surface area contributed by atoms with Crippen molar-refractivity contribution in [1.82, 2.24) is 0 Å². The molecule has 1 aromatic rings. The SMILES string of the molecule is CCOC(=O)c1cc(O)c2c(c1)OC(OCC)O2. The number of benzene rings is 1. The van der Waals surface area contributed by atoms with Crippen molar-refractivity contribution in [2.45, 2.75) is 20.3 Å². The van der Waals surface area contributed by atoms with Gasteiger partial charge in [0.15, 0.2) is 11.5 Å². The van der Waals surface area contributed by atoms with Crippen LogP contribution in [0.4, 0.5) is 0 Å². The first-order valence-electron chi connectivity index (χ1n) is 5.64. The summed E-state index contributed by atoms with van der Waals surface area (Å²) in [5.74, 6) is -0.283. The first-order valence-corrected chi connectivity index (χ1v) is 5.64. The number of hydrogen-bond acceptors (Lipinski definition) is 6. The average molecular weight is 254 g/mol. The first kappa shape index (κ1) is 12.5. The predicted molar refractivity (Wildman–Crippen MR) is 60.7 cm³/mol. The number of hydrogen-bond donors (Lipinski definition) is 1. The molecule has 0 radical (unpaired) electrons. The molecule has 0 bridgehead atoms. The van der Waals surface area contributed by atoms with Crippen LogP contribution < -0.4 is 9.47 Å². The van der Waals surface area contributed by atoms with Crippen LogP contribution in [0.3, 0.4) is 0 Å². The standard InChI is InChI=1S/C12H14O6/c1-3-15-11(14)7-5-8(13)10-9(6-7)17-12(18-10)16-4-2/h5-6,12-13H,3-4H2,1-2H3. The molecule has 0 saturated carbocycles. The van der Waals surface area contributed by atoms with E-state index in [-0.39, 0.29) is 29.4 Å². The fourth-order valence-corrected chi connectivity index (χ4v) is 1.55. The smallest absolute Gasteiger partial charge is 0.361 e. The number of phenolic OH excluding ortho intramolecular Hbond substituents is 1. The van der Waals surface area contributed by atoms with E-state index in [1.807, 2.05) is 0 Å². The Bertz CT molecular complexity index is 456. The molecule has 1 aliphatic heterocycles. The highest BCUT2D eigenvalue weighted by molar-refractivity contribution is 5.91. The molecule has 98 valence electrons. The summed E-state index contributed by atoms with van der Waals surface area (Å²) >= 11 is 0. The lowest BCUT2D eigenvalue weighted by Crippen LogP contribution is -2.21. The van der Waals surface area contributed by atoms with Gasteiger partial charge in [0.25, 0.3) is 0 Å². The van der Waals surface area contributed by atoms with E-state index >= 15 is 0 Å². The Morgan fingerprint density at radius 3 is 2.78 bits per heavy atom. The third-order valence-corrected chi connectivity index (χ3v) is 2.29. The van der Waals surface area contributed by atoms with Crippen LogP contribution in [0.15, 0.2) is 12.1 Å². The number of aromatic hydroxyl groups is 1. The average Bonchev–Trinajstić information content (AvgIpc) is 2.73. The van der Waals surface area contributed by atoms with Gasteiger partial charge in [-0.2, -0.15) is 0 Å². The van der Waals surface area contributed by atoms with Crippen molar-refractivity contribution >= 4 is 5.97 Å². The Morgan fingerprint density at radius 2 is 2.11 bits per heavy atom. The number of rotatable bonds is 4. The van der Waals surface area contributed by atoms with E-state index in [1.54, 1.807) is 13.8 Å². The van der Waals surface area contributed by atoms with E-state index in [9.17, 15) is 9.90 Å². The summed E-state index contributed by atoms with van der Waals surface area (Å²) < 4.78 is 20.5. The van der Waals surface area contributed by atoms with Crippen molar-refractivity contribution in [3.63, 3.8) is 0 Å². The Morgan fingerprint density at radius 1 is 1.33 bits per heavy atom. The largest absolute Gasteiger partial charge is 0.504 e. The molecule has 6 nitrogen and oxygen atoms in total. The quantitative estimate of drug-likeness (QED) is 0.824. The number of ether oxygens (including phenoxy) is 4. The maximum atomic E-state index is 11.5. The fourth-order valence-electron chi connectivity index (χ4n) is 1.55. The number of carbonyl (C=O) groups is 1. The molecule has 1 atom stereocenters.